The minimum Gasteiger partial charge on any atom is -0.481 e. The number of nitro groups is 1. The predicted octanol–water partition coefficient (Wildman–Crippen LogP) is 2.62. The Labute approximate surface area is 249 Å². The lowest BCUT2D eigenvalue weighted by Gasteiger charge is -2.30. The van der Waals surface area contributed by atoms with Gasteiger partial charge in [0.05, 0.1) is 29.2 Å². The summed E-state index contributed by atoms with van der Waals surface area (Å²) in [4.78, 5) is 73.6. The number of carbonyl (C=O) groups excluding carboxylic acids is 4. The van der Waals surface area contributed by atoms with Crippen molar-refractivity contribution in [3.63, 3.8) is 0 Å². The fraction of sp³-hybridized carbons (Fsp3) is 0.167. The van der Waals surface area contributed by atoms with E-state index in [9.17, 15) is 29.3 Å². The molecule has 44 heavy (non-hydrogen) atoms. The Morgan fingerprint density at radius 3 is 2.36 bits per heavy atom. The zero-order valence-electron chi connectivity index (χ0n) is 23.0. The third-order valence-corrected chi connectivity index (χ3v) is 7.15. The molecule has 3 heterocycles. The van der Waals surface area contributed by atoms with Crippen molar-refractivity contribution in [1.82, 2.24) is 25.4 Å². The van der Waals surface area contributed by atoms with Crippen LogP contribution in [-0.2, 0) is 14.4 Å². The highest BCUT2D eigenvalue weighted by Crippen LogP contribution is 2.31. The lowest BCUT2D eigenvalue weighted by molar-refractivity contribution is -0.384. The van der Waals surface area contributed by atoms with E-state index in [1.807, 2.05) is 12.1 Å². The van der Waals surface area contributed by atoms with Gasteiger partial charge >= 0.3 is 0 Å². The summed E-state index contributed by atoms with van der Waals surface area (Å²) in [6.45, 7) is -0.663. The minimum absolute atomic E-state index is 0.0609. The molecule has 0 saturated carbocycles. The Balaban J connectivity index is 1.16. The number of amides is 4. The van der Waals surface area contributed by atoms with Crippen LogP contribution in [0, 0.1) is 10.1 Å². The molecule has 4 aromatic rings. The molecule has 0 aliphatic carbocycles. The van der Waals surface area contributed by atoms with E-state index in [0.717, 1.165) is 10.4 Å². The van der Waals surface area contributed by atoms with E-state index in [1.54, 1.807) is 41.4 Å². The first kappa shape index (κ1) is 28.4. The van der Waals surface area contributed by atoms with Crippen molar-refractivity contribution in [3.05, 3.63) is 112 Å². The van der Waals surface area contributed by atoms with Gasteiger partial charge < -0.3 is 4.74 Å². The summed E-state index contributed by atoms with van der Waals surface area (Å²) in [6.07, 6.45) is 0.733. The van der Waals surface area contributed by atoms with Gasteiger partial charge in [0.25, 0.3) is 29.3 Å². The van der Waals surface area contributed by atoms with Gasteiger partial charge in [0.2, 0.25) is 0 Å². The number of hydroxylamine groups is 2. The number of fused-ring (bicyclic) bond motifs is 2. The van der Waals surface area contributed by atoms with Gasteiger partial charge in [-0.2, -0.15) is 0 Å². The van der Waals surface area contributed by atoms with Crippen molar-refractivity contribution in [2.24, 2.45) is 0 Å². The number of hydrogen-bond acceptors (Lipinski definition) is 10. The van der Waals surface area contributed by atoms with Crippen LogP contribution in [0.2, 0.25) is 0 Å². The number of para-hydroxylation sites is 1. The minimum atomic E-state index is -0.878. The number of hydrazine groups is 1. The number of nitrogens with one attached hydrogen (secondary N) is 1. The third-order valence-electron chi connectivity index (χ3n) is 7.15. The Hall–Kier alpha value is -5.73. The summed E-state index contributed by atoms with van der Waals surface area (Å²) in [6, 6.07) is 20.9. The number of benzene rings is 3. The normalized spacial score (nSPS) is 16.5. The molecule has 0 radical (unpaired) electrons. The first-order valence-electron chi connectivity index (χ1n) is 13.5. The van der Waals surface area contributed by atoms with Crippen LogP contribution >= 0.6 is 0 Å². The number of aromatic nitrogens is 1. The molecule has 14 nitrogen and oxygen atoms in total. The fourth-order valence-corrected chi connectivity index (χ4v) is 5.13. The number of ether oxygens (including phenoxy) is 1. The second-order valence-electron chi connectivity index (χ2n) is 9.89. The Kier molecular flexibility index (Phi) is 7.66. The molecule has 2 aliphatic rings. The lowest BCUT2D eigenvalue weighted by atomic mass is 10.1. The van der Waals surface area contributed by atoms with Crippen molar-refractivity contribution in [1.29, 1.82) is 0 Å². The van der Waals surface area contributed by atoms with E-state index >= 15 is 0 Å². The lowest BCUT2D eigenvalue weighted by Crippen LogP contribution is -2.47. The Morgan fingerprint density at radius 1 is 0.955 bits per heavy atom. The molecular formula is C30H24N6O8. The molecule has 4 amide bonds. The first-order chi connectivity index (χ1) is 21.3. The van der Waals surface area contributed by atoms with E-state index in [1.165, 1.54) is 36.4 Å². The first-order valence-corrected chi connectivity index (χ1v) is 13.5. The molecule has 2 aliphatic heterocycles. The van der Waals surface area contributed by atoms with Crippen molar-refractivity contribution in [3.8, 4) is 5.75 Å². The summed E-state index contributed by atoms with van der Waals surface area (Å²) in [5, 5.41) is 13.8. The number of carbonyl (C=O) groups is 4. The molecule has 1 N–H and O–H groups in total. The third kappa shape index (κ3) is 5.42. The maximum absolute atomic E-state index is 13.2. The van der Waals surface area contributed by atoms with Crippen LogP contribution in [0.25, 0.3) is 10.9 Å². The second kappa shape index (κ2) is 11.9. The molecular weight excluding hydrogens is 572 g/mol. The molecule has 222 valence electrons. The van der Waals surface area contributed by atoms with Gasteiger partial charge in [0.15, 0.2) is 6.61 Å². The zero-order chi connectivity index (χ0) is 30.8. The molecule has 3 aromatic carbocycles. The van der Waals surface area contributed by atoms with Crippen LogP contribution in [0.3, 0.4) is 0 Å². The van der Waals surface area contributed by atoms with Gasteiger partial charge in [0.1, 0.15) is 17.4 Å². The summed E-state index contributed by atoms with van der Waals surface area (Å²) in [5.41, 5.74) is 3.95. The number of hydrogen-bond donors (Lipinski definition) is 1. The smallest absolute Gasteiger partial charge is 0.285 e. The van der Waals surface area contributed by atoms with Crippen molar-refractivity contribution in [2.45, 2.75) is 6.17 Å². The van der Waals surface area contributed by atoms with Crippen LogP contribution in [0.4, 0.5) is 5.69 Å². The van der Waals surface area contributed by atoms with Crippen LogP contribution in [0.5, 0.6) is 5.75 Å². The van der Waals surface area contributed by atoms with Gasteiger partial charge in [0, 0.05) is 30.3 Å². The maximum atomic E-state index is 13.2. The summed E-state index contributed by atoms with van der Waals surface area (Å²) < 4.78 is 5.71. The standard InChI is InChI=1S/C30H24N6O8/c37-25(18-43-24-9-3-5-19-6-4-14-31-27(19)24)32-34-26(38)17-33(28(34)20-10-12-21(13-11-20)36(41)42)15-16-44-35-29(39)22-7-1-2-8-23(22)30(35)40/h1-14,28H,15-18H2,(H,32,37). The largest absolute Gasteiger partial charge is 0.481 e. The van der Waals surface area contributed by atoms with Gasteiger partial charge in [-0.25, -0.2) is 5.01 Å². The maximum Gasteiger partial charge on any atom is 0.285 e. The quantitative estimate of drug-likeness (QED) is 0.163. The molecule has 1 aromatic heterocycles. The average Bonchev–Trinajstić information content (AvgIpc) is 3.47. The van der Waals surface area contributed by atoms with E-state index in [0.29, 0.717) is 21.9 Å². The van der Waals surface area contributed by atoms with E-state index in [2.05, 4.69) is 10.4 Å². The topological polar surface area (TPSA) is 165 Å². The van der Waals surface area contributed by atoms with Crippen LogP contribution in [-0.4, -0.2) is 74.8 Å². The van der Waals surface area contributed by atoms with Crippen LogP contribution in [0.1, 0.15) is 32.4 Å². The molecule has 0 bridgehead atoms. The number of rotatable bonds is 10. The van der Waals surface area contributed by atoms with Crippen LogP contribution < -0.4 is 10.2 Å². The summed E-state index contributed by atoms with van der Waals surface area (Å²) >= 11 is 0. The van der Waals surface area contributed by atoms with Gasteiger partial charge in [-0.15, -0.1) is 5.06 Å². The van der Waals surface area contributed by atoms with Gasteiger partial charge in [-0.05, 0) is 42.0 Å². The fourth-order valence-electron chi connectivity index (χ4n) is 5.13. The SMILES string of the molecule is O=C(COc1cccc2cccnc12)NN1C(=O)CN(CCON2C(=O)c3ccccc3C2=O)C1c1ccc([N+](=O)[O-])cc1. The number of nitro benzene ring substituents is 1. The molecule has 1 saturated heterocycles. The number of imide groups is 1. The Bertz CT molecular complexity index is 1760. The molecule has 1 fully saturated rings. The highest BCUT2D eigenvalue weighted by Gasteiger charge is 2.41. The highest BCUT2D eigenvalue weighted by molar-refractivity contribution is 6.20. The monoisotopic (exact) mass is 596 g/mol. The van der Waals surface area contributed by atoms with E-state index in [4.69, 9.17) is 9.57 Å². The number of nitrogens with zero attached hydrogens (tertiary/aromatic N) is 5. The van der Waals surface area contributed by atoms with Gasteiger partial charge in [-0.1, -0.05) is 30.3 Å². The van der Waals surface area contributed by atoms with E-state index < -0.39 is 41.3 Å². The molecule has 0 spiro atoms. The van der Waals surface area contributed by atoms with Crippen molar-refractivity contribution in [2.75, 3.05) is 26.3 Å². The van der Waals surface area contributed by atoms with E-state index in [-0.39, 0.29) is 36.5 Å². The molecule has 6 rings (SSSR count). The number of non-ortho nitro benzene ring substituents is 1. The van der Waals surface area contributed by atoms with Crippen molar-refractivity contribution >= 4 is 40.2 Å². The Morgan fingerprint density at radius 2 is 1.66 bits per heavy atom. The predicted molar refractivity (Wildman–Crippen MR) is 153 cm³/mol. The number of pyridine rings is 1. The summed E-state index contributed by atoms with van der Waals surface area (Å²) in [5.74, 6) is -1.88. The second-order valence-corrected chi connectivity index (χ2v) is 9.89. The average molecular weight is 597 g/mol. The van der Waals surface area contributed by atoms with Crippen LogP contribution in [0.15, 0.2) is 85.1 Å². The highest BCUT2D eigenvalue weighted by atomic mass is 16.7. The summed E-state index contributed by atoms with van der Waals surface area (Å²) in [7, 11) is 0. The van der Waals surface area contributed by atoms with Crippen molar-refractivity contribution < 1.29 is 33.7 Å². The molecule has 14 heteroatoms. The molecule has 1 atom stereocenters. The molecule has 1 unspecified atom stereocenters. The van der Waals surface area contributed by atoms with Gasteiger partial charge in [-0.3, -0.25) is 49.4 Å². The zero-order valence-corrected chi connectivity index (χ0v) is 23.0.